The Morgan fingerprint density at radius 2 is 1.88 bits per heavy atom. The van der Waals surface area contributed by atoms with Crippen LogP contribution in [0.5, 0.6) is 5.75 Å². The summed E-state index contributed by atoms with van der Waals surface area (Å²) < 4.78 is 5.00. The highest BCUT2D eigenvalue weighted by Gasteiger charge is 2.10. The fraction of sp³-hybridized carbons (Fsp3) is 0.333. The largest absolute Gasteiger partial charge is 0.413 e. The predicted octanol–water partition coefficient (Wildman–Crippen LogP) is 2.63. The van der Waals surface area contributed by atoms with Crippen LogP contribution in [0.2, 0.25) is 5.02 Å². The Bertz CT molecular complexity index is 457. The molecule has 0 fully saturated rings. The molecule has 0 spiro atoms. The van der Waals surface area contributed by atoms with E-state index >= 15 is 0 Å². The molecule has 0 unspecified atom stereocenters. The molecule has 1 aromatic carbocycles. The number of ketones is 1. The minimum Gasteiger partial charge on any atom is -0.409 e. The highest BCUT2D eigenvalue weighted by Crippen LogP contribution is 2.27. The van der Waals surface area contributed by atoms with Crippen LogP contribution in [0.15, 0.2) is 12.1 Å². The van der Waals surface area contributed by atoms with Gasteiger partial charge in [0, 0.05) is 0 Å². The van der Waals surface area contributed by atoms with Crippen LogP contribution in [0.1, 0.15) is 18.1 Å². The molecule has 1 rings (SSSR count). The number of rotatable bonds is 3. The molecule has 0 radical (unpaired) electrons. The van der Waals surface area contributed by atoms with Crippen LogP contribution in [0.25, 0.3) is 0 Å². The van der Waals surface area contributed by atoms with E-state index in [0.29, 0.717) is 5.02 Å². The van der Waals surface area contributed by atoms with Crippen molar-refractivity contribution in [3.05, 3.63) is 28.3 Å². The Balaban J connectivity index is 2.71. The van der Waals surface area contributed by atoms with E-state index in [9.17, 15) is 9.59 Å². The first-order valence-corrected chi connectivity index (χ1v) is 5.50. The molecular formula is C12H14ClNO3. The number of carbonyl (C=O) groups excluding carboxylic acids is 2. The van der Waals surface area contributed by atoms with Crippen molar-refractivity contribution in [3.8, 4) is 5.75 Å². The first-order chi connectivity index (χ1) is 7.90. The van der Waals surface area contributed by atoms with E-state index in [1.807, 2.05) is 13.8 Å². The predicted molar refractivity (Wildman–Crippen MR) is 65.6 cm³/mol. The van der Waals surface area contributed by atoms with Crippen molar-refractivity contribution in [1.82, 2.24) is 5.32 Å². The molecule has 4 nitrogen and oxygen atoms in total. The van der Waals surface area contributed by atoms with Gasteiger partial charge in [-0.15, -0.1) is 0 Å². The Morgan fingerprint density at radius 1 is 1.29 bits per heavy atom. The maximum Gasteiger partial charge on any atom is 0.413 e. The molecule has 0 saturated carbocycles. The molecule has 1 N–H and O–H groups in total. The van der Waals surface area contributed by atoms with Crippen LogP contribution < -0.4 is 10.1 Å². The van der Waals surface area contributed by atoms with E-state index in [-0.39, 0.29) is 18.1 Å². The third kappa shape index (κ3) is 4.07. The highest BCUT2D eigenvalue weighted by atomic mass is 35.5. The number of ether oxygens (including phenoxy) is 1. The minimum atomic E-state index is -0.689. The molecule has 1 amide bonds. The van der Waals surface area contributed by atoms with Gasteiger partial charge in [0.1, 0.15) is 5.78 Å². The smallest absolute Gasteiger partial charge is 0.409 e. The summed E-state index contributed by atoms with van der Waals surface area (Å²) in [6.07, 6.45) is -0.689. The van der Waals surface area contributed by atoms with Crippen molar-refractivity contribution in [2.45, 2.75) is 20.8 Å². The maximum absolute atomic E-state index is 11.3. The number of nitrogens with one attached hydrogen (secondary N) is 1. The zero-order valence-electron chi connectivity index (χ0n) is 9.96. The molecule has 0 aliphatic rings. The summed E-state index contributed by atoms with van der Waals surface area (Å²) in [5, 5.41) is 2.69. The molecule has 0 heterocycles. The van der Waals surface area contributed by atoms with Gasteiger partial charge >= 0.3 is 6.09 Å². The van der Waals surface area contributed by atoms with Crippen LogP contribution in [0.3, 0.4) is 0 Å². The molecule has 0 saturated heterocycles. The van der Waals surface area contributed by atoms with E-state index in [1.165, 1.54) is 6.92 Å². The second-order valence-corrected chi connectivity index (χ2v) is 4.22. The van der Waals surface area contributed by atoms with E-state index < -0.39 is 6.09 Å². The number of hydrogen-bond donors (Lipinski definition) is 1. The first kappa shape index (κ1) is 13.5. The van der Waals surface area contributed by atoms with Crippen LogP contribution >= 0.6 is 11.6 Å². The maximum atomic E-state index is 11.3. The van der Waals surface area contributed by atoms with E-state index in [4.69, 9.17) is 16.3 Å². The van der Waals surface area contributed by atoms with Crippen molar-refractivity contribution in [2.75, 3.05) is 6.54 Å². The summed E-state index contributed by atoms with van der Waals surface area (Å²) in [5.74, 6) is 0.143. The molecule has 0 aliphatic heterocycles. The molecule has 0 aromatic heterocycles. The topological polar surface area (TPSA) is 55.4 Å². The van der Waals surface area contributed by atoms with Crippen molar-refractivity contribution in [1.29, 1.82) is 0 Å². The van der Waals surface area contributed by atoms with Gasteiger partial charge in [0.05, 0.1) is 11.6 Å². The lowest BCUT2D eigenvalue weighted by atomic mass is 10.1. The van der Waals surface area contributed by atoms with Crippen LogP contribution in [-0.4, -0.2) is 18.4 Å². The van der Waals surface area contributed by atoms with Gasteiger partial charge in [-0.05, 0) is 44.0 Å². The Kier molecular flexibility index (Phi) is 4.52. The standard InChI is InChI=1S/C12H14ClNO3/c1-7-4-10(13)11(5-8(7)2)17-12(16)14-6-9(3)15/h4-5H,6H2,1-3H3,(H,14,16). The summed E-state index contributed by atoms with van der Waals surface area (Å²) in [5.41, 5.74) is 2.00. The lowest BCUT2D eigenvalue weighted by Gasteiger charge is -2.09. The summed E-state index contributed by atoms with van der Waals surface area (Å²) >= 11 is 5.94. The van der Waals surface area contributed by atoms with Crippen LogP contribution in [0, 0.1) is 13.8 Å². The fourth-order valence-corrected chi connectivity index (χ4v) is 1.42. The number of carbonyl (C=O) groups is 2. The van der Waals surface area contributed by atoms with Gasteiger partial charge in [-0.2, -0.15) is 0 Å². The molecule has 0 aliphatic carbocycles. The summed E-state index contributed by atoms with van der Waals surface area (Å²) in [6, 6.07) is 3.41. The third-order valence-corrected chi connectivity index (χ3v) is 2.53. The minimum absolute atomic E-state index is 0.0543. The lowest BCUT2D eigenvalue weighted by Crippen LogP contribution is -2.31. The Morgan fingerprint density at radius 3 is 2.47 bits per heavy atom. The molecular weight excluding hydrogens is 242 g/mol. The summed E-state index contributed by atoms with van der Waals surface area (Å²) in [4.78, 5) is 22.0. The van der Waals surface area contributed by atoms with Crippen molar-refractivity contribution in [2.24, 2.45) is 0 Å². The zero-order chi connectivity index (χ0) is 13.0. The van der Waals surface area contributed by atoms with E-state index in [2.05, 4.69) is 5.32 Å². The number of Topliss-reactive ketones (excluding diaryl/α,β-unsaturated/α-hetero) is 1. The second kappa shape index (κ2) is 5.68. The van der Waals surface area contributed by atoms with Crippen molar-refractivity contribution < 1.29 is 14.3 Å². The lowest BCUT2D eigenvalue weighted by molar-refractivity contribution is -0.116. The highest BCUT2D eigenvalue weighted by molar-refractivity contribution is 6.32. The van der Waals surface area contributed by atoms with Gasteiger partial charge in [-0.25, -0.2) is 4.79 Å². The molecule has 1 aromatic rings. The summed E-state index contributed by atoms with van der Waals surface area (Å²) in [6.45, 7) is 5.14. The van der Waals surface area contributed by atoms with E-state index in [1.54, 1.807) is 12.1 Å². The number of halogens is 1. The molecule has 0 atom stereocenters. The van der Waals surface area contributed by atoms with Gasteiger partial charge in [-0.3, -0.25) is 4.79 Å². The number of amides is 1. The van der Waals surface area contributed by atoms with Crippen molar-refractivity contribution >= 4 is 23.5 Å². The average molecular weight is 256 g/mol. The van der Waals surface area contributed by atoms with E-state index in [0.717, 1.165) is 11.1 Å². The first-order valence-electron chi connectivity index (χ1n) is 5.12. The van der Waals surface area contributed by atoms with Crippen molar-refractivity contribution in [3.63, 3.8) is 0 Å². The van der Waals surface area contributed by atoms with Gasteiger partial charge in [-0.1, -0.05) is 11.6 Å². The zero-order valence-corrected chi connectivity index (χ0v) is 10.7. The number of hydrogen-bond acceptors (Lipinski definition) is 3. The Labute approximate surface area is 105 Å². The van der Waals surface area contributed by atoms with Gasteiger partial charge in [0.25, 0.3) is 0 Å². The molecule has 5 heteroatoms. The second-order valence-electron chi connectivity index (χ2n) is 3.81. The monoisotopic (exact) mass is 255 g/mol. The molecule has 17 heavy (non-hydrogen) atoms. The number of benzene rings is 1. The number of aryl methyl sites for hydroxylation is 2. The Hall–Kier alpha value is -1.55. The van der Waals surface area contributed by atoms with Gasteiger partial charge in [0.2, 0.25) is 0 Å². The fourth-order valence-electron chi connectivity index (χ4n) is 1.17. The van der Waals surface area contributed by atoms with Gasteiger partial charge in [0.15, 0.2) is 5.75 Å². The molecule has 92 valence electrons. The third-order valence-electron chi connectivity index (χ3n) is 2.23. The summed E-state index contributed by atoms with van der Waals surface area (Å²) in [7, 11) is 0. The average Bonchev–Trinajstić information content (AvgIpc) is 2.23. The SMILES string of the molecule is CC(=O)CNC(=O)Oc1cc(C)c(C)cc1Cl. The molecule has 0 bridgehead atoms. The van der Waals surface area contributed by atoms with Crippen LogP contribution in [0.4, 0.5) is 4.79 Å². The van der Waals surface area contributed by atoms with Gasteiger partial charge < -0.3 is 10.1 Å². The normalized spacial score (nSPS) is 9.88. The van der Waals surface area contributed by atoms with Crippen LogP contribution in [-0.2, 0) is 4.79 Å². The quantitative estimate of drug-likeness (QED) is 0.903.